The van der Waals surface area contributed by atoms with Crippen molar-refractivity contribution < 1.29 is 0 Å². The summed E-state index contributed by atoms with van der Waals surface area (Å²) in [6, 6.07) is 6.11. The molecule has 1 nitrogen and oxygen atoms in total. The van der Waals surface area contributed by atoms with Gasteiger partial charge in [0.2, 0.25) is 0 Å². The van der Waals surface area contributed by atoms with E-state index in [9.17, 15) is 0 Å². The Morgan fingerprint density at radius 3 is 2.61 bits per heavy atom. The van der Waals surface area contributed by atoms with Gasteiger partial charge in [0.05, 0.1) is 0 Å². The van der Waals surface area contributed by atoms with Crippen molar-refractivity contribution in [2.45, 2.75) is 39.2 Å². The summed E-state index contributed by atoms with van der Waals surface area (Å²) in [5.74, 6) is 1.71. The molecule has 1 aromatic carbocycles. The van der Waals surface area contributed by atoms with Crippen LogP contribution >= 0.6 is 23.2 Å². The lowest BCUT2D eigenvalue weighted by Crippen LogP contribution is -2.27. The van der Waals surface area contributed by atoms with Gasteiger partial charge >= 0.3 is 0 Å². The largest absolute Gasteiger partial charge is 0.310 e. The lowest BCUT2D eigenvalue weighted by Gasteiger charge is -2.21. The molecule has 0 heterocycles. The van der Waals surface area contributed by atoms with Gasteiger partial charge in [-0.2, -0.15) is 0 Å². The van der Waals surface area contributed by atoms with E-state index in [-0.39, 0.29) is 0 Å². The van der Waals surface area contributed by atoms with Crippen molar-refractivity contribution in [3.05, 3.63) is 33.8 Å². The fraction of sp³-hybridized carbons (Fsp3) is 0.600. The summed E-state index contributed by atoms with van der Waals surface area (Å²) in [4.78, 5) is 0. The van der Waals surface area contributed by atoms with Crippen LogP contribution in [0.5, 0.6) is 0 Å². The van der Waals surface area contributed by atoms with Crippen LogP contribution in [0, 0.1) is 11.8 Å². The minimum Gasteiger partial charge on any atom is -0.310 e. The van der Waals surface area contributed by atoms with E-state index in [4.69, 9.17) is 23.2 Å². The first kappa shape index (κ1) is 14.2. The normalized spacial score (nSPS) is 18.7. The van der Waals surface area contributed by atoms with Crippen molar-refractivity contribution >= 4 is 23.2 Å². The van der Waals surface area contributed by atoms with Gasteiger partial charge < -0.3 is 5.32 Å². The molecule has 1 N–H and O–H groups in total. The van der Waals surface area contributed by atoms with E-state index >= 15 is 0 Å². The second kappa shape index (κ2) is 6.27. The van der Waals surface area contributed by atoms with Crippen molar-refractivity contribution in [2.24, 2.45) is 11.8 Å². The Morgan fingerprint density at radius 1 is 1.33 bits per heavy atom. The number of hydrogen-bond acceptors (Lipinski definition) is 1. The maximum Gasteiger partial charge on any atom is 0.0468 e. The highest BCUT2D eigenvalue weighted by molar-refractivity contribution is 6.35. The van der Waals surface area contributed by atoms with Crippen LogP contribution in [-0.2, 0) is 0 Å². The van der Waals surface area contributed by atoms with Crippen molar-refractivity contribution in [2.75, 3.05) is 6.54 Å². The molecule has 0 bridgehead atoms. The molecule has 0 saturated heterocycles. The van der Waals surface area contributed by atoms with E-state index in [0.717, 1.165) is 35.4 Å². The van der Waals surface area contributed by atoms with Gasteiger partial charge in [-0.15, -0.1) is 0 Å². The highest BCUT2D eigenvalue weighted by Crippen LogP contribution is 2.36. The number of benzene rings is 1. The Labute approximate surface area is 120 Å². The molecular weight excluding hydrogens is 265 g/mol. The van der Waals surface area contributed by atoms with E-state index in [1.165, 1.54) is 12.8 Å². The predicted molar refractivity (Wildman–Crippen MR) is 79.4 cm³/mol. The quantitative estimate of drug-likeness (QED) is 0.769. The minimum absolute atomic E-state index is 0.330. The molecule has 0 aromatic heterocycles. The molecular formula is C15H21Cl2N. The summed E-state index contributed by atoms with van der Waals surface area (Å²) in [5.41, 5.74) is 1.16. The third-order valence-electron chi connectivity index (χ3n) is 3.86. The molecule has 1 aliphatic carbocycles. The first-order chi connectivity index (χ1) is 8.61. The molecule has 3 heteroatoms. The van der Waals surface area contributed by atoms with E-state index in [0.29, 0.717) is 11.1 Å². The number of rotatable bonds is 6. The van der Waals surface area contributed by atoms with Gasteiger partial charge in [0.15, 0.2) is 0 Å². The summed E-state index contributed by atoms with van der Waals surface area (Å²) in [5, 5.41) is 5.10. The van der Waals surface area contributed by atoms with Gasteiger partial charge in [0.1, 0.15) is 0 Å². The fourth-order valence-electron chi connectivity index (χ4n) is 2.42. The SMILES string of the molecule is CCC(NCC(C)C1CC1)c1ccc(Cl)cc1Cl. The molecule has 0 radical (unpaired) electrons. The smallest absolute Gasteiger partial charge is 0.0468 e. The Bertz CT molecular complexity index is 401. The molecule has 2 atom stereocenters. The highest BCUT2D eigenvalue weighted by Gasteiger charge is 2.28. The van der Waals surface area contributed by atoms with Gasteiger partial charge in [-0.25, -0.2) is 0 Å². The zero-order valence-corrected chi connectivity index (χ0v) is 12.6. The maximum atomic E-state index is 6.27. The fourth-order valence-corrected chi connectivity index (χ4v) is 2.96. The molecule has 0 amide bonds. The summed E-state index contributed by atoms with van der Waals surface area (Å²) in [6.45, 7) is 5.59. The van der Waals surface area contributed by atoms with E-state index < -0.39 is 0 Å². The predicted octanol–water partition coefficient (Wildman–Crippen LogP) is 5.08. The summed E-state index contributed by atoms with van der Waals surface area (Å²) in [7, 11) is 0. The van der Waals surface area contributed by atoms with Crippen LogP contribution in [0.15, 0.2) is 18.2 Å². The Morgan fingerprint density at radius 2 is 2.06 bits per heavy atom. The highest BCUT2D eigenvalue weighted by atomic mass is 35.5. The van der Waals surface area contributed by atoms with E-state index in [2.05, 4.69) is 19.2 Å². The third kappa shape index (κ3) is 3.63. The van der Waals surface area contributed by atoms with Crippen LogP contribution in [0.3, 0.4) is 0 Å². The average molecular weight is 286 g/mol. The van der Waals surface area contributed by atoms with Crippen molar-refractivity contribution in [3.8, 4) is 0 Å². The van der Waals surface area contributed by atoms with Crippen LogP contribution in [0.1, 0.15) is 44.7 Å². The molecule has 18 heavy (non-hydrogen) atoms. The van der Waals surface area contributed by atoms with Crippen molar-refractivity contribution in [1.82, 2.24) is 5.32 Å². The van der Waals surface area contributed by atoms with Crippen LogP contribution in [0.25, 0.3) is 0 Å². The lowest BCUT2D eigenvalue weighted by atomic mass is 10.0. The Balaban J connectivity index is 1.98. The second-order valence-electron chi connectivity index (χ2n) is 5.35. The molecule has 1 fully saturated rings. The molecule has 0 spiro atoms. The second-order valence-corrected chi connectivity index (χ2v) is 6.19. The number of nitrogens with one attached hydrogen (secondary N) is 1. The zero-order valence-electron chi connectivity index (χ0n) is 11.0. The Hall–Kier alpha value is -0.240. The van der Waals surface area contributed by atoms with Crippen LogP contribution < -0.4 is 5.32 Å². The van der Waals surface area contributed by atoms with Gasteiger partial charge in [-0.1, -0.05) is 43.1 Å². The molecule has 1 saturated carbocycles. The standard InChI is InChI=1S/C15H21Cl2N/c1-3-15(18-9-10(2)11-4-5-11)13-7-6-12(16)8-14(13)17/h6-8,10-11,15,18H,3-5,9H2,1-2H3. The first-order valence-corrected chi connectivity index (χ1v) is 7.55. The minimum atomic E-state index is 0.330. The number of hydrogen-bond donors (Lipinski definition) is 1. The molecule has 0 aliphatic heterocycles. The van der Waals surface area contributed by atoms with Gasteiger partial charge in [-0.05, 0) is 55.3 Å². The number of halogens is 2. The van der Waals surface area contributed by atoms with Crippen LogP contribution in [0.2, 0.25) is 10.0 Å². The molecule has 100 valence electrons. The first-order valence-electron chi connectivity index (χ1n) is 6.80. The van der Waals surface area contributed by atoms with E-state index in [1.807, 2.05) is 18.2 Å². The van der Waals surface area contributed by atoms with Gasteiger partial charge in [0.25, 0.3) is 0 Å². The maximum absolute atomic E-state index is 6.27. The van der Waals surface area contributed by atoms with Gasteiger partial charge in [0, 0.05) is 16.1 Å². The summed E-state index contributed by atoms with van der Waals surface area (Å²) >= 11 is 12.2. The molecule has 2 rings (SSSR count). The van der Waals surface area contributed by atoms with E-state index in [1.54, 1.807) is 0 Å². The molecule has 1 aromatic rings. The third-order valence-corrected chi connectivity index (χ3v) is 4.42. The molecule has 1 aliphatic rings. The lowest BCUT2D eigenvalue weighted by molar-refractivity contribution is 0.414. The monoisotopic (exact) mass is 285 g/mol. The van der Waals surface area contributed by atoms with Crippen LogP contribution in [0.4, 0.5) is 0 Å². The molecule has 2 unspecified atom stereocenters. The van der Waals surface area contributed by atoms with Crippen molar-refractivity contribution in [1.29, 1.82) is 0 Å². The topological polar surface area (TPSA) is 12.0 Å². The van der Waals surface area contributed by atoms with Gasteiger partial charge in [-0.3, -0.25) is 0 Å². The van der Waals surface area contributed by atoms with Crippen LogP contribution in [-0.4, -0.2) is 6.54 Å². The Kier molecular flexibility index (Phi) is 4.94. The summed E-state index contributed by atoms with van der Waals surface area (Å²) < 4.78 is 0. The average Bonchev–Trinajstić information content (AvgIpc) is 3.15. The summed E-state index contributed by atoms with van der Waals surface area (Å²) in [6.07, 6.45) is 3.85. The zero-order chi connectivity index (χ0) is 13.1. The van der Waals surface area contributed by atoms with Crippen molar-refractivity contribution in [3.63, 3.8) is 0 Å².